The Labute approximate surface area is 121 Å². The molecule has 0 saturated heterocycles. The first-order chi connectivity index (χ1) is 10.3. The molecule has 0 atom stereocenters. The van der Waals surface area contributed by atoms with E-state index in [0.717, 1.165) is 10.9 Å². The third kappa shape index (κ3) is 2.68. The maximum absolute atomic E-state index is 14.3. The number of halogens is 1. The Balaban J connectivity index is 2.01. The van der Waals surface area contributed by atoms with Crippen LogP contribution in [0.3, 0.4) is 0 Å². The third-order valence-electron chi connectivity index (χ3n) is 3.12. The van der Waals surface area contributed by atoms with Gasteiger partial charge in [-0.25, -0.2) is 9.37 Å². The van der Waals surface area contributed by atoms with Crippen LogP contribution in [0.15, 0.2) is 48.8 Å². The zero-order chi connectivity index (χ0) is 14.7. The van der Waals surface area contributed by atoms with Crippen molar-refractivity contribution in [1.29, 1.82) is 0 Å². The van der Waals surface area contributed by atoms with E-state index in [9.17, 15) is 4.39 Å². The van der Waals surface area contributed by atoms with Crippen LogP contribution in [0.2, 0.25) is 0 Å². The molecule has 3 aromatic rings. The summed E-state index contributed by atoms with van der Waals surface area (Å²) in [7, 11) is 1.76. The molecule has 1 aromatic carbocycles. The Morgan fingerprint density at radius 2 is 2.00 bits per heavy atom. The fourth-order valence-electron chi connectivity index (χ4n) is 2.13. The number of rotatable bonds is 4. The van der Waals surface area contributed by atoms with Crippen molar-refractivity contribution in [3.8, 4) is 11.6 Å². The third-order valence-corrected chi connectivity index (χ3v) is 3.12. The van der Waals surface area contributed by atoms with Crippen LogP contribution in [-0.2, 0) is 6.54 Å². The minimum absolute atomic E-state index is 0.0286. The molecule has 2 aromatic heterocycles. The smallest absolute Gasteiger partial charge is 0.256 e. The number of pyridine rings is 2. The first kappa shape index (κ1) is 13.5. The van der Waals surface area contributed by atoms with Crippen LogP contribution in [0.5, 0.6) is 11.6 Å². The van der Waals surface area contributed by atoms with Gasteiger partial charge >= 0.3 is 0 Å². The van der Waals surface area contributed by atoms with Gasteiger partial charge in [-0.3, -0.25) is 4.98 Å². The number of hydrogen-bond acceptors (Lipinski definition) is 4. The first-order valence-electron chi connectivity index (χ1n) is 6.59. The molecule has 0 aliphatic rings. The number of benzene rings is 1. The van der Waals surface area contributed by atoms with Crippen molar-refractivity contribution in [2.45, 2.75) is 6.54 Å². The van der Waals surface area contributed by atoms with E-state index in [0.29, 0.717) is 17.9 Å². The molecule has 106 valence electrons. The summed E-state index contributed by atoms with van der Waals surface area (Å²) in [4.78, 5) is 8.23. The van der Waals surface area contributed by atoms with Crippen molar-refractivity contribution in [3.05, 3.63) is 60.2 Å². The molecule has 5 heteroatoms. The van der Waals surface area contributed by atoms with Crippen LogP contribution in [0.1, 0.15) is 5.56 Å². The molecular weight excluding hydrogens is 269 g/mol. The topological polar surface area (TPSA) is 47.0 Å². The van der Waals surface area contributed by atoms with Gasteiger partial charge in [-0.1, -0.05) is 6.07 Å². The molecule has 0 saturated carbocycles. The highest BCUT2D eigenvalue weighted by Gasteiger charge is 2.12. The van der Waals surface area contributed by atoms with Crippen molar-refractivity contribution in [3.63, 3.8) is 0 Å². The van der Waals surface area contributed by atoms with E-state index in [-0.39, 0.29) is 5.88 Å². The van der Waals surface area contributed by atoms with Crippen LogP contribution < -0.4 is 10.1 Å². The van der Waals surface area contributed by atoms with Crippen LogP contribution >= 0.6 is 0 Å². The van der Waals surface area contributed by atoms with E-state index >= 15 is 0 Å². The molecule has 0 spiro atoms. The average molecular weight is 283 g/mol. The minimum atomic E-state index is -0.451. The largest absolute Gasteiger partial charge is 0.436 e. The summed E-state index contributed by atoms with van der Waals surface area (Å²) in [6.07, 6.45) is 3.24. The quantitative estimate of drug-likeness (QED) is 0.798. The monoisotopic (exact) mass is 283 g/mol. The summed E-state index contributed by atoms with van der Waals surface area (Å²) in [6, 6.07) is 10.8. The molecule has 2 heterocycles. The molecule has 4 nitrogen and oxygen atoms in total. The lowest BCUT2D eigenvalue weighted by molar-refractivity contribution is 0.422. The highest BCUT2D eigenvalue weighted by atomic mass is 19.1. The predicted molar refractivity (Wildman–Crippen MR) is 78.8 cm³/mol. The van der Waals surface area contributed by atoms with Gasteiger partial charge in [-0.05, 0) is 37.4 Å². The van der Waals surface area contributed by atoms with Gasteiger partial charge in [0.2, 0.25) is 0 Å². The molecule has 0 amide bonds. The van der Waals surface area contributed by atoms with Gasteiger partial charge < -0.3 is 10.1 Å². The lowest BCUT2D eigenvalue weighted by atomic mass is 10.2. The minimum Gasteiger partial charge on any atom is -0.436 e. The summed E-state index contributed by atoms with van der Waals surface area (Å²) in [6.45, 7) is 0.418. The number of nitrogens with zero attached hydrogens (tertiary/aromatic N) is 2. The van der Waals surface area contributed by atoms with Crippen molar-refractivity contribution in [1.82, 2.24) is 15.3 Å². The Morgan fingerprint density at radius 3 is 2.86 bits per heavy atom. The zero-order valence-electron chi connectivity index (χ0n) is 11.5. The molecule has 0 radical (unpaired) electrons. The summed E-state index contributed by atoms with van der Waals surface area (Å²) < 4.78 is 20.0. The van der Waals surface area contributed by atoms with Crippen LogP contribution in [0.4, 0.5) is 4.39 Å². The van der Waals surface area contributed by atoms with Crippen molar-refractivity contribution in [2.75, 3.05) is 7.05 Å². The summed E-state index contributed by atoms with van der Waals surface area (Å²) in [5.41, 5.74) is 1.31. The highest BCUT2D eigenvalue weighted by Crippen LogP contribution is 2.29. The summed E-state index contributed by atoms with van der Waals surface area (Å²) >= 11 is 0. The molecule has 0 fully saturated rings. The van der Waals surface area contributed by atoms with E-state index < -0.39 is 5.82 Å². The average Bonchev–Trinajstić information content (AvgIpc) is 2.52. The van der Waals surface area contributed by atoms with E-state index in [1.165, 1.54) is 6.20 Å². The van der Waals surface area contributed by atoms with Gasteiger partial charge in [0, 0.05) is 29.9 Å². The predicted octanol–water partition coefficient (Wildman–Crippen LogP) is 3.28. The second kappa shape index (κ2) is 5.85. The first-order valence-corrected chi connectivity index (χ1v) is 6.59. The Bertz CT molecular complexity index is 771. The van der Waals surface area contributed by atoms with Gasteiger partial charge in [0.15, 0.2) is 5.82 Å². The molecule has 0 bridgehead atoms. The summed E-state index contributed by atoms with van der Waals surface area (Å²) in [5.74, 6) is 0.0560. The molecule has 0 aliphatic heterocycles. The van der Waals surface area contributed by atoms with Gasteiger partial charge in [-0.15, -0.1) is 0 Å². The van der Waals surface area contributed by atoms with Crippen LogP contribution in [0.25, 0.3) is 10.9 Å². The fourth-order valence-corrected chi connectivity index (χ4v) is 2.13. The lowest BCUT2D eigenvalue weighted by Crippen LogP contribution is -2.08. The zero-order valence-corrected chi connectivity index (χ0v) is 11.5. The maximum atomic E-state index is 14.3. The molecule has 21 heavy (non-hydrogen) atoms. The highest BCUT2D eigenvalue weighted by molar-refractivity contribution is 5.85. The van der Waals surface area contributed by atoms with Crippen molar-refractivity contribution in [2.24, 2.45) is 0 Å². The number of aromatic nitrogens is 2. The second-order valence-corrected chi connectivity index (χ2v) is 4.55. The maximum Gasteiger partial charge on any atom is 0.256 e. The molecular formula is C16H14FN3O. The normalized spacial score (nSPS) is 10.8. The van der Waals surface area contributed by atoms with Gasteiger partial charge in [-0.2, -0.15) is 0 Å². The SMILES string of the molecule is CNCc1ccnc(Oc2cccc3ncccc23)c1F. The van der Waals surface area contributed by atoms with Crippen LogP contribution in [0, 0.1) is 5.82 Å². The number of nitrogens with one attached hydrogen (secondary N) is 1. The number of hydrogen-bond donors (Lipinski definition) is 1. The van der Waals surface area contributed by atoms with E-state index in [1.807, 2.05) is 24.3 Å². The standard InChI is InChI=1S/C16H14FN3O/c1-18-10-11-7-9-20-16(15(11)17)21-14-6-2-5-13-12(14)4-3-8-19-13/h2-9,18H,10H2,1H3. The molecule has 0 unspecified atom stereocenters. The van der Waals surface area contributed by atoms with Crippen LogP contribution in [-0.4, -0.2) is 17.0 Å². The van der Waals surface area contributed by atoms with Gasteiger partial charge in [0.1, 0.15) is 5.75 Å². The second-order valence-electron chi connectivity index (χ2n) is 4.55. The molecule has 0 aliphatic carbocycles. The van der Waals surface area contributed by atoms with Gasteiger partial charge in [0.25, 0.3) is 5.88 Å². The Morgan fingerprint density at radius 1 is 1.10 bits per heavy atom. The van der Waals surface area contributed by atoms with E-state index in [1.54, 1.807) is 25.4 Å². The van der Waals surface area contributed by atoms with E-state index in [2.05, 4.69) is 15.3 Å². The van der Waals surface area contributed by atoms with E-state index in [4.69, 9.17) is 4.74 Å². The molecule has 3 rings (SSSR count). The van der Waals surface area contributed by atoms with Crippen molar-refractivity contribution < 1.29 is 9.13 Å². The molecule has 1 N–H and O–H groups in total. The number of fused-ring (bicyclic) bond motifs is 1. The fraction of sp³-hybridized carbons (Fsp3) is 0.125. The summed E-state index contributed by atoms with van der Waals surface area (Å²) in [5, 5.41) is 3.73. The Kier molecular flexibility index (Phi) is 3.75. The lowest BCUT2D eigenvalue weighted by Gasteiger charge is -2.10. The Hall–Kier alpha value is -2.53. The van der Waals surface area contributed by atoms with Gasteiger partial charge in [0.05, 0.1) is 5.52 Å². The number of ether oxygens (including phenoxy) is 1. The van der Waals surface area contributed by atoms with Crippen molar-refractivity contribution >= 4 is 10.9 Å².